The average molecular weight is 275 g/mol. The zero-order valence-corrected chi connectivity index (χ0v) is 11.4. The number of hydrogen-bond donors (Lipinski definition) is 0. The first kappa shape index (κ1) is 14.3. The summed E-state index contributed by atoms with van der Waals surface area (Å²) in [5, 5.41) is 20.0. The van der Waals surface area contributed by atoms with E-state index in [4.69, 9.17) is 10.00 Å². The number of ether oxygens (including phenoxy) is 1. The van der Waals surface area contributed by atoms with E-state index >= 15 is 0 Å². The molecule has 0 radical (unpaired) electrons. The molecule has 1 heterocycles. The van der Waals surface area contributed by atoms with Crippen LogP contribution in [0.15, 0.2) is 18.2 Å². The molecular weight excluding hydrogens is 258 g/mol. The molecule has 0 bridgehead atoms. The van der Waals surface area contributed by atoms with Gasteiger partial charge in [0.15, 0.2) is 5.56 Å². The van der Waals surface area contributed by atoms with Gasteiger partial charge >= 0.3 is 0 Å². The summed E-state index contributed by atoms with van der Waals surface area (Å²) >= 11 is 0. The van der Waals surface area contributed by atoms with Gasteiger partial charge in [-0.2, -0.15) is 5.26 Å². The van der Waals surface area contributed by atoms with Gasteiger partial charge in [0.2, 0.25) is 0 Å². The molecule has 1 fully saturated rings. The minimum Gasteiger partial charge on any atom is -0.490 e. The van der Waals surface area contributed by atoms with Crippen LogP contribution in [0.2, 0.25) is 0 Å². The van der Waals surface area contributed by atoms with Gasteiger partial charge in [-0.05, 0) is 32.0 Å². The summed E-state index contributed by atoms with van der Waals surface area (Å²) in [5.41, 5.74) is -0.206. The third-order valence-electron chi connectivity index (χ3n) is 3.65. The summed E-state index contributed by atoms with van der Waals surface area (Å²) in [6.45, 7) is 4.59. The van der Waals surface area contributed by atoms with Crippen LogP contribution in [0.1, 0.15) is 25.3 Å². The van der Waals surface area contributed by atoms with Crippen LogP contribution < -0.4 is 4.74 Å². The topological polar surface area (TPSA) is 79.4 Å². The Balaban J connectivity index is 2.12. The SMILES string of the molecule is CCN1CCC[C@@H]1COc1cccc([N+](=O)[O-])c1C#N. The highest BCUT2D eigenvalue weighted by Crippen LogP contribution is 2.28. The average Bonchev–Trinajstić information content (AvgIpc) is 2.91. The number of nitro groups is 1. The van der Waals surface area contributed by atoms with Crippen molar-refractivity contribution in [2.24, 2.45) is 0 Å². The van der Waals surface area contributed by atoms with Crippen LogP contribution in [0.4, 0.5) is 5.69 Å². The fourth-order valence-corrected chi connectivity index (χ4v) is 2.59. The van der Waals surface area contributed by atoms with E-state index in [-0.39, 0.29) is 11.3 Å². The normalized spacial score (nSPS) is 18.7. The Labute approximate surface area is 117 Å². The fraction of sp³-hybridized carbons (Fsp3) is 0.500. The molecule has 0 aliphatic carbocycles. The lowest BCUT2D eigenvalue weighted by Gasteiger charge is -2.22. The number of nitrogens with zero attached hydrogens (tertiary/aromatic N) is 3. The summed E-state index contributed by atoms with van der Waals surface area (Å²) < 4.78 is 5.67. The largest absolute Gasteiger partial charge is 0.490 e. The van der Waals surface area contributed by atoms with Crippen LogP contribution in [0, 0.1) is 21.4 Å². The van der Waals surface area contributed by atoms with E-state index in [1.54, 1.807) is 12.1 Å². The molecule has 6 nitrogen and oxygen atoms in total. The number of hydrogen-bond acceptors (Lipinski definition) is 5. The molecule has 0 aromatic heterocycles. The lowest BCUT2D eigenvalue weighted by molar-refractivity contribution is -0.385. The third kappa shape index (κ3) is 2.89. The highest BCUT2D eigenvalue weighted by Gasteiger charge is 2.25. The van der Waals surface area contributed by atoms with Crippen molar-refractivity contribution in [2.75, 3.05) is 19.7 Å². The van der Waals surface area contributed by atoms with E-state index in [2.05, 4.69) is 11.8 Å². The molecule has 1 saturated heterocycles. The van der Waals surface area contributed by atoms with Crippen LogP contribution in [0.5, 0.6) is 5.75 Å². The predicted octanol–water partition coefficient (Wildman–Crippen LogP) is 2.33. The Kier molecular flexibility index (Phi) is 4.53. The van der Waals surface area contributed by atoms with E-state index in [0.717, 1.165) is 25.9 Å². The quantitative estimate of drug-likeness (QED) is 0.608. The standard InChI is InChI=1S/C14H17N3O3/c1-2-16-8-4-5-11(16)10-20-14-7-3-6-13(17(18)19)12(14)9-15/h3,6-7,11H,2,4-5,8,10H2,1H3/t11-/m1/s1. The van der Waals surface area contributed by atoms with Crippen molar-refractivity contribution >= 4 is 5.69 Å². The number of rotatable bonds is 5. The molecule has 1 atom stereocenters. The van der Waals surface area contributed by atoms with E-state index in [0.29, 0.717) is 18.4 Å². The van der Waals surface area contributed by atoms with Gasteiger partial charge in [-0.15, -0.1) is 0 Å². The predicted molar refractivity (Wildman–Crippen MR) is 73.6 cm³/mol. The highest BCUT2D eigenvalue weighted by atomic mass is 16.6. The van der Waals surface area contributed by atoms with Gasteiger partial charge in [-0.25, -0.2) is 0 Å². The number of likely N-dealkylation sites (N-methyl/N-ethyl adjacent to an activating group) is 1. The fourth-order valence-electron chi connectivity index (χ4n) is 2.59. The van der Waals surface area contributed by atoms with Crippen molar-refractivity contribution in [1.82, 2.24) is 4.90 Å². The van der Waals surface area contributed by atoms with Gasteiger partial charge in [0.05, 0.1) is 4.92 Å². The molecule has 0 spiro atoms. The van der Waals surface area contributed by atoms with Gasteiger partial charge in [-0.3, -0.25) is 15.0 Å². The molecule has 1 aromatic rings. The molecule has 0 unspecified atom stereocenters. The molecule has 1 aromatic carbocycles. The second kappa shape index (κ2) is 6.35. The molecule has 1 aliphatic heterocycles. The molecule has 2 rings (SSSR count). The Morgan fingerprint density at radius 2 is 2.40 bits per heavy atom. The summed E-state index contributed by atoms with van der Waals surface area (Å²) in [6, 6.07) is 6.66. The summed E-state index contributed by atoms with van der Waals surface area (Å²) in [4.78, 5) is 12.6. The summed E-state index contributed by atoms with van der Waals surface area (Å²) in [7, 11) is 0. The van der Waals surface area contributed by atoms with E-state index in [9.17, 15) is 10.1 Å². The molecule has 106 valence electrons. The monoisotopic (exact) mass is 275 g/mol. The highest BCUT2D eigenvalue weighted by molar-refractivity contribution is 5.56. The molecular formula is C14H17N3O3. The Hall–Kier alpha value is -2.13. The molecule has 0 N–H and O–H groups in total. The molecule has 0 amide bonds. The van der Waals surface area contributed by atoms with E-state index in [1.165, 1.54) is 6.07 Å². The second-order valence-electron chi connectivity index (χ2n) is 4.75. The van der Waals surface area contributed by atoms with Gasteiger partial charge < -0.3 is 4.74 Å². The van der Waals surface area contributed by atoms with Gasteiger partial charge in [0.1, 0.15) is 18.4 Å². The van der Waals surface area contributed by atoms with Gasteiger partial charge in [-0.1, -0.05) is 13.0 Å². The third-order valence-corrected chi connectivity index (χ3v) is 3.65. The number of nitriles is 1. The number of benzene rings is 1. The van der Waals surface area contributed by atoms with Crippen molar-refractivity contribution in [1.29, 1.82) is 5.26 Å². The number of nitro benzene ring substituents is 1. The summed E-state index contributed by atoms with van der Waals surface area (Å²) in [5.74, 6) is 0.296. The first-order chi connectivity index (χ1) is 9.67. The van der Waals surface area contributed by atoms with Crippen molar-refractivity contribution in [2.45, 2.75) is 25.8 Å². The van der Waals surface area contributed by atoms with Gasteiger partial charge in [0.25, 0.3) is 5.69 Å². The second-order valence-corrected chi connectivity index (χ2v) is 4.75. The number of likely N-dealkylation sites (tertiary alicyclic amines) is 1. The maximum atomic E-state index is 10.9. The minimum atomic E-state index is -0.556. The molecule has 20 heavy (non-hydrogen) atoms. The van der Waals surface area contributed by atoms with Crippen LogP contribution in [-0.2, 0) is 0 Å². The maximum Gasteiger partial charge on any atom is 0.290 e. The van der Waals surface area contributed by atoms with Crippen LogP contribution >= 0.6 is 0 Å². The van der Waals surface area contributed by atoms with E-state index < -0.39 is 4.92 Å². The zero-order chi connectivity index (χ0) is 14.5. The Bertz CT molecular complexity index is 539. The molecule has 6 heteroatoms. The van der Waals surface area contributed by atoms with Gasteiger partial charge in [0, 0.05) is 12.1 Å². The van der Waals surface area contributed by atoms with Crippen molar-refractivity contribution in [3.63, 3.8) is 0 Å². The first-order valence-corrected chi connectivity index (χ1v) is 6.71. The maximum absolute atomic E-state index is 10.9. The lowest BCUT2D eigenvalue weighted by atomic mass is 10.1. The van der Waals surface area contributed by atoms with Crippen molar-refractivity contribution in [3.8, 4) is 11.8 Å². The minimum absolute atomic E-state index is 0.00135. The Morgan fingerprint density at radius 1 is 1.60 bits per heavy atom. The summed E-state index contributed by atoms with van der Waals surface area (Å²) in [6.07, 6.45) is 2.20. The first-order valence-electron chi connectivity index (χ1n) is 6.71. The van der Waals surface area contributed by atoms with Crippen LogP contribution in [-0.4, -0.2) is 35.6 Å². The smallest absolute Gasteiger partial charge is 0.290 e. The van der Waals surface area contributed by atoms with Crippen molar-refractivity contribution in [3.05, 3.63) is 33.9 Å². The molecule has 1 aliphatic rings. The van der Waals surface area contributed by atoms with Crippen LogP contribution in [0.3, 0.4) is 0 Å². The lowest BCUT2D eigenvalue weighted by Crippen LogP contribution is -2.34. The van der Waals surface area contributed by atoms with Crippen molar-refractivity contribution < 1.29 is 9.66 Å². The molecule has 0 saturated carbocycles. The Morgan fingerprint density at radius 3 is 3.05 bits per heavy atom. The van der Waals surface area contributed by atoms with Crippen LogP contribution in [0.25, 0.3) is 0 Å². The van der Waals surface area contributed by atoms with E-state index in [1.807, 2.05) is 6.07 Å². The zero-order valence-electron chi connectivity index (χ0n) is 11.4.